The van der Waals surface area contributed by atoms with Gasteiger partial charge in [0.1, 0.15) is 11.6 Å². The molecule has 0 aliphatic heterocycles. The molecule has 25 heavy (non-hydrogen) atoms. The molecule has 5 nitrogen and oxygen atoms in total. The van der Waals surface area contributed by atoms with Crippen molar-refractivity contribution in [2.24, 2.45) is 0 Å². The molecule has 0 aliphatic rings. The number of benzene rings is 2. The Morgan fingerprint density at radius 2 is 1.72 bits per heavy atom. The number of methoxy groups -OCH3 is 1. The number of rotatable bonds is 6. The molecule has 0 saturated heterocycles. The van der Waals surface area contributed by atoms with Gasteiger partial charge in [0.25, 0.3) is 0 Å². The van der Waals surface area contributed by atoms with Crippen LogP contribution < -0.4 is 15.0 Å². The van der Waals surface area contributed by atoms with E-state index in [9.17, 15) is 0 Å². The van der Waals surface area contributed by atoms with Crippen LogP contribution in [0.25, 0.3) is 0 Å². The monoisotopic (exact) mass is 334 g/mol. The molecule has 0 bridgehead atoms. The molecule has 0 unspecified atom stereocenters. The predicted octanol–water partition coefficient (Wildman–Crippen LogP) is 4.17. The first-order chi connectivity index (χ1) is 12.1. The third-order valence-electron chi connectivity index (χ3n) is 3.84. The minimum Gasteiger partial charge on any atom is -0.497 e. The molecule has 1 aromatic heterocycles. The normalized spacial score (nSPS) is 10.4. The van der Waals surface area contributed by atoms with Crippen LogP contribution >= 0.6 is 0 Å². The maximum absolute atomic E-state index is 5.18. The van der Waals surface area contributed by atoms with E-state index >= 15 is 0 Å². The molecule has 1 N–H and O–H groups in total. The molecule has 5 heteroatoms. The van der Waals surface area contributed by atoms with E-state index in [1.807, 2.05) is 62.5 Å². The van der Waals surface area contributed by atoms with Gasteiger partial charge in [-0.3, -0.25) is 0 Å². The second-order valence-corrected chi connectivity index (χ2v) is 5.89. The Hall–Kier alpha value is -3.08. The molecule has 2 aromatic carbocycles. The highest BCUT2D eigenvalue weighted by Gasteiger charge is 2.08. The van der Waals surface area contributed by atoms with Gasteiger partial charge in [-0.25, -0.2) is 4.98 Å². The van der Waals surface area contributed by atoms with Gasteiger partial charge >= 0.3 is 0 Å². The maximum atomic E-state index is 5.18. The summed E-state index contributed by atoms with van der Waals surface area (Å²) in [7, 11) is 3.69. The first-order valence-electron chi connectivity index (χ1n) is 8.16. The smallest absolute Gasteiger partial charge is 0.229 e. The summed E-state index contributed by atoms with van der Waals surface area (Å²) in [6, 6.07) is 20.0. The molecular weight excluding hydrogens is 312 g/mol. The van der Waals surface area contributed by atoms with Gasteiger partial charge in [-0.05, 0) is 36.8 Å². The molecule has 0 aliphatic carbocycles. The molecule has 0 atom stereocenters. The van der Waals surface area contributed by atoms with Crippen molar-refractivity contribution in [1.29, 1.82) is 0 Å². The number of ether oxygens (including phenoxy) is 1. The lowest BCUT2D eigenvalue weighted by Crippen LogP contribution is -2.18. The summed E-state index contributed by atoms with van der Waals surface area (Å²) < 4.78 is 5.18. The molecule has 3 aromatic rings. The lowest BCUT2D eigenvalue weighted by atomic mass is 10.2. The lowest BCUT2D eigenvalue weighted by molar-refractivity contribution is 0.415. The van der Waals surface area contributed by atoms with Crippen molar-refractivity contribution >= 4 is 17.5 Å². The van der Waals surface area contributed by atoms with Gasteiger partial charge in [0.15, 0.2) is 0 Å². The molecule has 0 radical (unpaired) electrons. The van der Waals surface area contributed by atoms with Crippen LogP contribution in [-0.2, 0) is 6.54 Å². The van der Waals surface area contributed by atoms with Crippen molar-refractivity contribution in [3.8, 4) is 5.75 Å². The second kappa shape index (κ2) is 7.66. The van der Waals surface area contributed by atoms with E-state index in [1.165, 1.54) is 5.56 Å². The largest absolute Gasteiger partial charge is 0.497 e. The first-order valence-corrected chi connectivity index (χ1v) is 8.16. The van der Waals surface area contributed by atoms with E-state index in [0.717, 1.165) is 29.5 Å². The summed E-state index contributed by atoms with van der Waals surface area (Å²) in [6.07, 6.45) is 0. The van der Waals surface area contributed by atoms with Crippen LogP contribution in [0.1, 0.15) is 11.3 Å². The van der Waals surface area contributed by atoms with Gasteiger partial charge in [0.05, 0.1) is 7.11 Å². The zero-order chi connectivity index (χ0) is 17.6. The molecule has 1 heterocycles. The maximum Gasteiger partial charge on any atom is 0.229 e. The van der Waals surface area contributed by atoms with E-state index in [1.54, 1.807) is 7.11 Å². The summed E-state index contributed by atoms with van der Waals surface area (Å²) in [4.78, 5) is 11.2. The van der Waals surface area contributed by atoms with Gasteiger partial charge in [-0.15, -0.1) is 0 Å². The van der Waals surface area contributed by atoms with Crippen LogP contribution in [0.4, 0.5) is 17.5 Å². The van der Waals surface area contributed by atoms with Crippen molar-refractivity contribution in [3.63, 3.8) is 0 Å². The highest BCUT2D eigenvalue weighted by molar-refractivity contribution is 5.56. The molecule has 0 amide bonds. The van der Waals surface area contributed by atoms with Gasteiger partial charge in [-0.1, -0.05) is 30.3 Å². The second-order valence-electron chi connectivity index (χ2n) is 5.89. The molecule has 0 spiro atoms. The topological polar surface area (TPSA) is 50.3 Å². The van der Waals surface area contributed by atoms with Crippen molar-refractivity contribution in [2.45, 2.75) is 13.5 Å². The molecule has 128 valence electrons. The van der Waals surface area contributed by atoms with E-state index in [-0.39, 0.29) is 0 Å². The Morgan fingerprint density at radius 1 is 1.00 bits per heavy atom. The first kappa shape index (κ1) is 16.8. The summed E-state index contributed by atoms with van der Waals surface area (Å²) in [5, 5.41) is 3.25. The summed E-state index contributed by atoms with van der Waals surface area (Å²) >= 11 is 0. The molecule has 3 rings (SSSR count). The summed E-state index contributed by atoms with van der Waals surface area (Å²) in [6.45, 7) is 2.76. The number of aryl methyl sites for hydroxylation is 1. The van der Waals surface area contributed by atoms with Gasteiger partial charge in [0.2, 0.25) is 5.95 Å². The van der Waals surface area contributed by atoms with Crippen molar-refractivity contribution < 1.29 is 4.74 Å². The average Bonchev–Trinajstić information content (AvgIpc) is 2.63. The fraction of sp³-hybridized carbons (Fsp3) is 0.200. The van der Waals surface area contributed by atoms with Crippen LogP contribution in [0.2, 0.25) is 0 Å². The zero-order valence-electron chi connectivity index (χ0n) is 14.7. The highest BCUT2D eigenvalue weighted by Crippen LogP contribution is 2.21. The van der Waals surface area contributed by atoms with Crippen LogP contribution in [0.15, 0.2) is 60.7 Å². The van der Waals surface area contributed by atoms with Crippen LogP contribution in [0, 0.1) is 6.92 Å². The van der Waals surface area contributed by atoms with E-state index in [2.05, 4.69) is 32.3 Å². The molecule has 0 saturated carbocycles. The Morgan fingerprint density at radius 3 is 2.40 bits per heavy atom. The number of aromatic nitrogens is 2. The molecule has 0 fully saturated rings. The zero-order valence-corrected chi connectivity index (χ0v) is 14.7. The number of nitrogens with zero attached hydrogens (tertiary/aromatic N) is 3. The Bertz CT molecular complexity index is 819. The van der Waals surface area contributed by atoms with E-state index in [4.69, 9.17) is 4.74 Å². The number of hydrogen-bond acceptors (Lipinski definition) is 5. The lowest BCUT2D eigenvalue weighted by Gasteiger charge is -2.19. The minimum atomic E-state index is 0.583. The fourth-order valence-electron chi connectivity index (χ4n) is 2.55. The van der Waals surface area contributed by atoms with E-state index in [0.29, 0.717) is 5.95 Å². The number of hydrogen-bond donors (Lipinski definition) is 1. The number of nitrogens with one attached hydrogen (secondary N) is 1. The van der Waals surface area contributed by atoms with Gasteiger partial charge in [-0.2, -0.15) is 4.98 Å². The van der Waals surface area contributed by atoms with Crippen LogP contribution in [0.3, 0.4) is 0 Å². The standard InChI is InChI=1S/C20H22N4O/c1-15-13-19(24(2)14-16-7-5-4-6-8-16)23-20(21-15)22-17-9-11-18(25-3)12-10-17/h4-13H,14H2,1-3H3,(H,21,22,23). The predicted molar refractivity (Wildman–Crippen MR) is 102 cm³/mol. The van der Waals surface area contributed by atoms with E-state index < -0.39 is 0 Å². The minimum absolute atomic E-state index is 0.583. The third-order valence-corrected chi connectivity index (χ3v) is 3.84. The van der Waals surface area contributed by atoms with Crippen molar-refractivity contribution in [1.82, 2.24) is 9.97 Å². The Balaban J connectivity index is 1.77. The Kier molecular flexibility index (Phi) is 5.14. The summed E-state index contributed by atoms with van der Waals surface area (Å²) in [5.41, 5.74) is 3.08. The SMILES string of the molecule is COc1ccc(Nc2nc(C)cc(N(C)Cc3ccccc3)n2)cc1. The van der Waals surface area contributed by atoms with Crippen molar-refractivity contribution in [2.75, 3.05) is 24.4 Å². The third kappa shape index (κ3) is 4.47. The highest BCUT2D eigenvalue weighted by atomic mass is 16.5. The molecular formula is C20H22N4O. The van der Waals surface area contributed by atoms with Crippen LogP contribution in [-0.4, -0.2) is 24.1 Å². The fourth-order valence-corrected chi connectivity index (χ4v) is 2.55. The number of anilines is 3. The quantitative estimate of drug-likeness (QED) is 0.733. The van der Waals surface area contributed by atoms with Crippen LogP contribution in [0.5, 0.6) is 5.75 Å². The van der Waals surface area contributed by atoms with Crippen molar-refractivity contribution in [3.05, 3.63) is 71.9 Å². The van der Waals surface area contributed by atoms with Gasteiger partial charge in [0, 0.05) is 31.0 Å². The average molecular weight is 334 g/mol. The Labute approximate surface area is 148 Å². The van der Waals surface area contributed by atoms with Gasteiger partial charge < -0.3 is 15.0 Å². The summed E-state index contributed by atoms with van der Waals surface area (Å²) in [5.74, 6) is 2.28.